The van der Waals surface area contributed by atoms with Gasteiger partial charge in [-0.1, -0.05) is 113 Å². The summed E-state index contributed by atoms with van der Waals surface area (Å²) in [5, 5.41) is 41.2. The summed E-state index contributed by atoms with van der Waals surface area (Å²) in [6, 6.07) is 25.3. The molecule has 13 heteroatoms. The van der Waals surface area contributed by atoms with E-state index >= 15 is 4.39 Å². The number of para-hydroxylation sites is 3. The van der Waals surface area contributed by atoms with E-state index in [0.717, 1.165) is 44.1 Å². The Bertz CT molecular complexity index is 2420. The third kappa shape index (κ3) is 7.48. The van der Waals surface area contributed by atoms with Crippen molar-refractivity contribution in [3.8, 4) is 34.1 Å². The molecular formula is C49H53FN2O10. The lowest BCUT2D eigenvalue weighted by atomic mass is 9.74. The van der Waals surface area contributed by atoms with Crippen LogP contribution < -0.4 is 20.9 Å². The van der Waals surface area contributed by atoms with Crippen LogP contribution in [0.25, 0.3) is 11.1 Å². The first-order chi connectivity index (χ1) is 29.6. The average Bonchev–Trinajstić information content (AvgIpc) is 4.17. The fourth-order valence-electron chi connectivity index (χ4n) is 10.6. The summed E-state index contributed by atoms with van der Waals surface area (Å²) in [7, 11) is 0. The molecule has 12 nitrogen and oxygen atoms in total. The van der Waals surface area contributed by atoms with E-state index in [9.17, 15) is 39.6 Å². The first-order valence-electron chi connectivity index (χ1n) is 21.6. The van der Waals surface area contributed by atoms with Gasteiger partial charge in [0.2, 0.25) is 5.67 Å². The zero-order chi connectivity index (χ0) is 44.1. The lowest BCUT2D eigenvalue weighted by molar-refractivity contribution is -0.149. The first-order valence-corrected chi connectivity index (χ1v) is 21.6. The number of fused-ring (bicyclic) bond motifs is 4. The Morgan fingerprint density at radius 3 is 1.87 bits per heavy atom. The molecule has 8 N–H and O–H groups in total. The third-order valence-corrected chi connectivity index (χ3v) is 14.1. The van der Waals surface area contributed by atoms with Crippen LogP contribution >= 0.6 is 0 Å². The molecule has 0 radical (unpaired) electrons. The van der Waals surface area contributed by atoms with Gasteiger partial charge in [0.1, 0.15) is 34.1 Å². The SMILES string of the molecule is CCCCCCCCCC1C(C(N)(CC2c3ccccc3Oc3c(-c4ccc5c(c4)C(CC(N)(C(=O)O)C4C[C@]4(F)C(=O)O)c4ccccc4O5)cccc32)C(=O)O)[C@H]1C(=O)O. The number of unbranched alkanes of at least 4 members (excludes halogenated alkanes) is 6. The number of carboxylic acid groups (broad SMARTS) is 4. The van der Waals surface area contributed by atoms with Crippen LogP contribution in [0.5, 0.6) is 23.0 Å². The van der Waals surface area contributed by atoms with E-state index in [4.69, 9.17) is 20.9 Å². The number of aliphatic carboxylic acids is 4. The minimum absolute atomic E-state index is 0.0840. The Kier molecular flexibility index (Phi) is 11.4. The Balaban J connectivity index is 1.14. The smallest absolute Gasteiger partial charge is 0.341 e. The van der Waals surface area contributed by atoms with Crippen molar-refractivity contribution in [2.45, 2.75) is 106 Å². The van der Waals surface area contributed by atoms with Gasteiger partial charge in [-0.15, -0.1) is 0 Å². The molecule has 0 amide bonds. The lowest BCUT2D eigenvalue weighted by Gasteiger charge is -2.36. The van der Waals surface area contributed by atoms with Crippen LogP contribution in [0.2, 0.25) is 0 Å². The minimum atomic E-state index is -2.76. The van der Waals surface area contributed by atoms with Crippen molar-refractivity contribution in [1.82, 2.24) is 0 Å². The monoisotopic (exact) mass is 848 g/mol. The number of ether oxygens (including phenoxy) is 2. The zero-order valence-electron chi connectivity index (χ0n) is 34.6. The molecule has 2 aliphatic heterocycles. The Hall–Kier alpha value is -5.79. The number of nitrogens with two attached hydrogens (primary N) is 2. The fraction of sp³-hybridized carbons (Fsp3) is 0.429. The molecule has 7 unspecified atom stereocenters. The van der Waals surface area contributed by atoms with Crippen LogP contribution in [0.3, 0.4) is 0 Å². The Morgan fingerprint density at radius 1 is 0.694 bits per heavy atom. The van der Waals surface area contributed by atoms with Crippen molar-refractivity contribution in [2.75, 3.05) is 0 Å². The second-order valence-electron chi connectivity index (χ2n) is 17.8. The molecule has 2 heterocycles. The number of carbonyl (C=O) groups is 4. The number of hydrogen-bond acceptors (Lipinski definition) is 8. The van der Waals surface area contributed by atoms with Crippen molar-refractivity contribution in [3.63, 3.8) is 0 Å². The molecule has 62 heavy (non-hydrogen) atoms. The van der Waals surface area contributed by atoms with Gasteiger partial charge in [0.25, 0.3) is 0 Å². The summed E-state index contributed by atoms with van der Waals surface area (Å²) < 4.78 is 28.3. The summed E-state index contributed by atoms with van der Waals surface area (Å²) in [6.45, 7) is 2.16. The van der Waals surface area contributed by atoms with Crippen LogP contribution in [-0.4, -0.2) is 61.0 Å². The highest BCUT2D eigenvalue weighted by molar-refractivity contribution is 5.88. The van der Waals surface area contributed by atoms with E-state index in [1.807, 2.05) is 48.5 Å². The van der Waals surface area contributed by atoms with Crippen molar-refractivity contribution in [2.24, 2.45) is 35.1 Å². The molecule has 4 aromatic rings. The standard InChI is InChI=1S/C49H53FN2O10/c1-2-3-4-5-6-7-8-16-32-40(43(53)54)41(32)49(52,46(59)60)25-34-29-14-10-12-20-37(29)62-42-28(17-13-18-31(34)42)27-21-22-38-33(23-27)35(30-15-9-11-19-36(30)61-38)24-48(51,45(57)58)39-26-47(39,50)44(55)56/h9-15,17-23,32,34-35,39-41H,2-8,16,24-26,51-52H2,1H3,(H,53,54)(H,55,56)(H,57,58)(H,59,60)/t32?,34?,35?,39?,40-,41?,47+,48?,49?/m0/s1. The van der Waals surface area contributed by atoms with Crippen LogP contribution in [0.15, 0.2) is 84.9 Å². The number of halogens is 1. The van der Waals surface area contributed by atoms with E-state index in [1.54, 1.807) is 36.4 Å². The van der Waals surface area contributed by atoms with Crippen LogP contribution in [0.1, 0.15) is 112 Å². The summed E-state index contributed by atoms with van der Waals surface area (Å²) in [5.74, 6) is -8.53. The normalized spacial score (nSPS) is 25.8. The fourth-order valence-corrected chi connectivity index (χ4v) is 10.6. The molecule has 0 bridgehead atoms. The maximum absolute atomic E-state index is 15.4. The van der Waals surface area contributed by atoms with Gasteiger partial charge in [-0.25, -0.2) is 9.18 Å². The van der Waals surface area contributed by atoms with Crippen LogP contribution in [0.4, 0.5) is 4.39 Å². The molecule has 0 aromatic heterocycles. The summed E-state index contributed by atoms with van der Waals surface area (Å²) in [6.07, 6.45) is 7.07. The molecule has 9 atom stereocenters. The Morgan fingerprint density at radius 2 is 1.26 bits per heavy atom. The van der Waals surface area contributed by atoms with Gasteiger partial charge < -0.3 is 41.4 Å². The highest BCUT2D eigenvalue weighted by Crippen LogP contribution is 2.60. The maximum atomic E-state index is 15.4. The topological polar surface area (TPSA) is 220 Å². The van der Waals surface area contributed by atoms with E-state index < -0.39 is 76.6 Å². The van der Waals surface area contributed by atoms with E-state index in [1.165, 1.54) is 6.42 Å². The quantitative estimate of drug-likeness (QED) is 0.0487. The molecule has 8 rings (SSSR count). The molecule has 0 saturated heterocycles. The predicted molar refractivity (Wildman–Crippen MR) is 227 cm³/mol. The average molecular weight is 849 g/mol. The summed E-state index contributed by atoms with van der Waals surface area (Å²) >= 11 is 0. The second-order valence-corrected chi connectivity index (χ2v) is 17.8. The van der Waals surface area contributed by atoms with Gasteiger partial charge >= 0.3 is 23.9 Å². The minimum Gasteiger partial charge on any atom is -0.481 e. The van der Waals surface area contributed by atoms with Gasteiger partial charge in [0.15, 0.2) is 0 Å². The molecule has 2 aliphatic carbocycles. The van der Waals surface area contributed by atoms with Gasteiger partial charge in [-0.2, -0.15) is 0 Å². The predicted octanol–water partition coefficient (Wildman–Crippen LogP) is 9.07. The van der Waals surface area contributed by atoms with Crippen LogP contribution in [0, 0.1) is 23.7 Å². The first kappa shape index (κ1) is 42.9. The van der Waals surface area contributed by atoms with E-state index in [0.29, 0.717) is 57.2 Å². The maximum Gasteiger partial charge on any atom is 0.341 e. The van der Waals surface area contributed by atoms with Crippen LogP contribution in [-0.2, 0) is 19.2 Å². The Labute approximate surface area is 359 Å². The molecule has 2 fully saturated rings. The zero-order valence-corrected chi connectivity index (χ0v) is 34.6. The summed E-state index contributed by atoms with van der Waals surface area (Å²) in [4.78, 5) is 50.6. The highest BCUT2D eigenvalue weighted by atomic mass is 19.1. The van der Waals surface area contributed by atoms with Crippen molar-refractivity contribution in [1.29, 1.82) is 0 Å². The molecule has 2 saturated carbocycles. The lowest BCUT2D eigenvalue weighted by Crippen LogP contribution is -2.53. The van der Waals surface area contributed by atoms with Gasteiger partial charge in [0, 0.05) is 57.9 Å². The van der Waals surface area contributed by atoms with Gasteiger partial charge in [0.05, 0.1) is 5.92 Å². The molecule has 326 valence electrons. The largest absolute Gasteiger partial charge is 0.481 e. The number of hydrogen-bond donors (Lipinski definition) is 6. The number of alkyl halides is 1. The highest BCUT2D eigenvalue weighted by Gasteiger charge is 2.72. The van der Waals surface area contributed by atoms with Gasteiger partial charge in [-0.05, 0) is 55.0 Å². The number of benzene rings is 4. The van der Waals surface area contributed by atoms with Gasteiger partial charge in [-0.3, -0.25) is 14.4 Å². The summed E-state index contributed by atoms with van der Waals surface area (Å²) in [5.41, 5.74) is 10.4. The second kappa shape index (κ2) is 16.5. The number of carboxylic acids is 4. The van der Waals surface area contributed by atoms with E-state index in [2.05, 4.69) is 6.92 Å². The third-order valence-electron chi connectivity index (χ3n) is 14.1. The van der Waals surface area contributed by atoms with Crippen molar-refractivity contribution >= 4 is 23.9 Å². The molecule has 4 aliphatic rings. The molecular weight excluding hydrogens is 796 g/mol. The molecule has 0 spiro atoms. The number of rotatable bonds is 19. The van der Waals surface area contributed by atoms with E-state index in [-0.39, 0.29) is 18.8 Å². The molecule has 4 aromatic carbocycles. The van der Waals surface area contributed by atoms with Crippen molar-refractivity contribution in [3.05, 3.63) is 107 Å². The van der Waals surface area contributed by atoms with Crippen molar-refractivity contribution < 1.29 is 53.5 Å².